The predicted molar refractivity (Wildman–Crippen MR) is 110 cm³/mol. The fraction of sp³-hybridized carbons (Fsp3) is 0.391. The van der Waals surface area contributed by atoms with Gasteiger partial charge in [-0.1, -0.05) is 19.1 Å². The van der Waals surface area contributed by atoms with Crippen LogP contribution in [-0.4, -0.2) is 31.6 Å². The molecule has 1 atom stereocenters. The highest BCUT2D eigenvalue weighted by atomic mass is 16.7. The van der Waals surface area contributed by atoms with Crippen LogP contribution >= 0.6 is 0 Å². The fourth-order valence-corrected chi connectivity index (χ4v) is 3.62. The summed E-state index contributed by atoms with van der Waals surface area (Å²) in [4.78, 5) is 26.8. The van der Waals surface area contributed by atoms with E-state index in [1.54, 1.807) is 24.3 Å². The number of esters is 2. The number of carbonyl (C=O) groups is 2. The molecule has 0 N–H and O–H groups in total. The van der Waals surface area contributed by atoms with Crippen molar-refractivity contribution in [3.8, 4) is 5.75 Å². The van der Waals surface area contributed by atoms with Gasteiger partial charge in [0.1, 0.15) is 5.75 Å². The lowest BCUT2D eigenvalue weighted by Gasteiger charge is -2.31. The standard InChI is InChI=1S/C23H27NO5/c1-5-14-27-21-15-17(24(6-2)7-3)12-13-20(21)23(28-16(4)25)19-11-9-8-10-18(19)22(26)29-23/h8-13,15H,5-7,14H2,1-4H3. The molecule has 6 nitrogen and oxygen atoms in total. The number of ether oxygens (including phenoxy) is 3. The van der Waals surface area contributed by atoms with Crippen molar-refractivity contribution in [1.29, 1.82) is 0 Å². The molecular formula is C23H27NO5. The minimum absolute atomic E-state index is 0.378. The number of benzene rings is 2. The summed E-state index contributed by atoms with van der Waals surface area (Å²) in [6.45, 7) is 9.65. The average molecular weight is 397 g/mol. The molecule has 154 valence electrons. The molecule has 0 bridgehead atoms. The Labute approximate surface area is 171 Å². The van der Waals surface area contributed by atoms with Crippen molar-refractivity contribution in [3.63, 3.8) is 0 Å². The highest BCUT2D eigenvalue weighted by Crippen LogP contribution is 2.47. The Balaban J connectivity index is 2.21. The maximum atomic E-state index is 12.6. The molecule has 0 spiro atoms. The lowest BCUT2D eigenvalue weighted by atomic mass is 9.94. The molecule has 1 aliphatic rings. The number of fused-ring (bicyclic) bond motifs is 1. The van der Waals surface area contributed by atoms with Crippen LogP contribution in [0.2, 0.25) is 0 Å². The monoisotopic (exact) mass is 397 g/mol. The van der Waals surface area contributed by atoms with E-state index >= 15 is 0 Å². The fourth-order valence-electron chi connectivity index (χ4n) is 3.62. The van der Waals surface area contributed by atoms with Crippen LogP contribution in [0.4, 0.5) is 5.69 Å². The van der Waals surface area contributed by atoms with Crippen LogP contribution in [0.3, 0.4) is 0 Å². The molecule has 6 heteroatoms. The number of rotatable bonds is 8. The molecular weight excluding hydrogens is 370 g/mol. The van der Waals surface area contributed by atoms with Crippen LogP contribution in [0.1, 0.15) is 55.6 Å². The van der Waals surface area contributed by atoms with Gasteiger partial charge in [0.15, 0.2) is 0 Å². The Kier molecular flexibility index (Phi) is 6.11. The minimum atomic E-state index is -1.66. The summed E-state index contributed by atoms with van der Waals surface area (Å²) in [7, 11) is 0. The third kappa shape index (κ3) is 3.79. The zero-order valence-electron chi connectivity index (χ0n) is 17.4. The van der Waals surface area contributed by atoms with E-state index in [1.165, 1.54) is 6.92 Å². The molecule has 3 rings (SSSR count). The normalized spacial score (nSPS) is 17.4. The molecule has 2 aromatic carbocycles. The van der Waals surface area contributed by atoms with Gasteiger partial charge in [-0.3, -0.25) is 4.79 Å². The molecule has 1 unspecified atom stereocenters. The summed E-state index contributed by atoms with van der Waals surface area (Å²) in [6, 6.07) is 12.6. The Bertz CT molecular complexity index is 902. The Morgan fingerprint density at radius 1 is 1.07 bits per heavy atom. The smallest absolute Gasteiger partial charge is 0.342 e. The molecule has 0 radical (unpaired) electrons. The number of hydrogen-bond acceptors (Lipinski definition) is 6. The first kappa shape index (κ1) is 20.7. The van der Waals surface area contributed by atoms with Gasteiger partial charge in [0.2, 0.25) is 0 Å². The maximum Gasteiger partial charge on any atom is 0.342 e. The van der Waals surface area contributed by atoms with E-state index in [9.17, 15) is 9.59 Å². The number of cyclic esters (lactones) is 1. The predicted octanol–water partition coefficient (Wildman–Crippen LogP) is 4.26. The van der Waals surface area contributed by atoms with Crippen molar-refractivity contribution < 1.29 is 23.8 Å². The third-order valence-corrected chi connectivity index (χ3v) is 4.94. The molecule has 29 heavy (non-hydrogen) atoms. The van der Waals surface area contributed by atoms with Crippen molar-refractivity contribution in [2.75, 3.05) is 24.6 Å². The molecule has 0 amide bonds. The van der Waals surface area contributed by atoms with Gasteiger partial charge < -0.3 is 19.1 Å². The first-order valence-electron chi connectivity index (χ1n) is 10.0. The molecule has 0 saturated carbocycles. The second-order valence-corrected chi connectivity index (χ2v) is 6.85. The van der Waals surface area contributed by atoms with Gasteiger partial charge in [0.25, 0.3) is 0 Å². The summed E-state index contributed by atoms with van der Waals surface area (Å²) in [5.74, 6) is -2.22. The van der Waals surface area contributed by atoms with E-state index in [1.807, 2.05) is 25.1 Å². The maximum absolute atomic E-state index is 12.6. The topological polar surface area (TPSA) is 65.1 Å². The molecule has 0 saturated heterocycles. The van der Waals surface area contributed by atoms with Crippen molar-refractivity contribution in [2.45, 2.75) is 39.9 Å². The lowest BCUT2D eigenvalue weighted by Crippen LogP contribution is -2.34. The third-order valence-electron chi connectivity index (χ3n) is 4.94. The lowest BCUT2D eigenvalue weighted by molar-refractivity contribution is -0.191. The summed E-state index contributed by atoms with van der Waals surface area (Å²) in [5, 5.41) is 0. The van der Waals surface area contributed by atoms with Crippen molar-refractivity contribution in [1.82, 2.24) is 0 Å². The van der Waals surface area contributed by atoms with Gasteiger partial charge in [-0.05, 0) is 44.5 Å². The van der Waals surface area contributed by atoms with E-state index in [2.05, 4.69) is 18.7 Å². The summed E-state index contributed by atoms with van der Waals surface area (Å²) >= 11 is 0. The molecule has 1 aliphatic heterocycles. The minimum Gasteiger partial charge on any atom is -0.493 e. The molecule has 1 heterocycles. The molecule has 2 aromatic rings. The highest BCUT2D eigenvalue weighted by molar-refractivity contribution is 5.95. The van der Waals surface area contributed by atoms with Crippen LogP contribution in [0.15, 0.2) is 42.5 Å². The Hall–Kier alpha value is -3.02. The van der Waals surface area contributed by atoms with Gasteiger partial charge in [0.05, 0.1) is 23.3 Å². The van der Waals surface area contributed by atoms with Gasteiger partial charge in [-0.2, -0.15) is 0 Å². The molecule has 0 fully saturated rings. The number of anilines is 1. The second kappa shape index (κ2) is 8.55. The van der Waals surface area contributed by atoms with Gasteiger partial charge >= 0.3 is 17.7 Å². The van der Waals surface area contributed by atoms with Gasteiger partial charge in [-0.25, -0.2) is 4.79 Å². The largest absolute Gasteiger partial charge is 0.493 e. The summed E-state index contributed by atoms with van der Waals surface area (Å²) in [6.07, 6.45) is 0.811. The van der Waals surface area contributed by atoms with E-state index in [4.69, 9.17) is 14.2 Å². The molecule has 0 aromatic heterocycles. The summed E-state index contributed by atoms with van der Waals surface area (Å²) < 4.78 is 17.4. The Morgan fingerprint density at radius 2 is 1.79 bits per heavy atom. The van der Waals surface area contributed by atoms with Crippen LogP contribution < -0.4 is 9.64 Å². The van der Waals surface area contributed by atoms with Gasteiger partial charge in [-0.15, -0.1) is 0 Å². The Morgan fingerprint density at radius 3 is 2.45 bits per heavy atom. The quantitative estimate of drug-likeness (QED) is 0.620. The van der Waals surface area contributed by atoms with Crippen LogP contribution in [0.25, 0.3) is 0 Å². The van der Waals surface area contributed by atoms with E-state index in [-0.39, 0.29) is 0 Å². The SMILES string of the molecule is CCCOc1cc(N(CC)CC)ccc1C1(OC(C)=O)OC(=O)c2ccccc21. The van der Waals surface area contributed by atoms with Crippen LogP contribution in [0, 0.1) is 0 Å². The molecule has 0 aliphatic carbocycles. The average Bonchev–Trinajstić information content (AvgIpc) is 2.99. The van der Waals surface area contributed by atoms with E-state index in [0.717, 1.165) is 25.2 Å². The second-order valence-electron chi connectivity index (χ2n) is 6.85. The van der Waals surface area contributed by atoms with E-state index < -0.39 is 17.7 Å². The number of carbonyl (C=O) groups excluding carboxylic acids is 2. The van der Waals surface area contributed by atoms with Crippen LogP contribution in [-0.2, 0) is 20.1 Å². The highest BCUT2D eigenvalue weighted by Gasteiger charge is 2.52. The van der Waals surface area contributed by atoms with Crippen LogP contribution in [0.5, 0.6) is 5.75 Å². The van der Waals surface area contributed by atoms with Crippen molar-refractivity contribution >= 4 is 17.6 Å². The van der Waals surface area contributed by atoms with Crippen molar-refractivity contribution in [2.24, 2.45) is 0 Å². The first-order valence-corrected chi connectivity index (χ1v) is 10.0. The van der Waals surface area contributed by atoms with Gasteiger partial charge in [0, 0.05) is 31.8 Å². The number of hydrogen-bond donors (Lipinski definition) is 0. The first-order chi connectivity index (χ1) is 14.0. The van der Waals surface area contributed by atoms with Crippen molar-refractivity contribution in [3.05, 3.63) is 59.2 Å². The van der Waals surface area contributed by atoms with E-state index in [0.29, 0.717) is 29.0 Å². The summed E-state index contributed by atoms with van der Waals surface area (Å²) in [5.41, 5.74) is 2.36. The zero-order chi connectivity index (χ0) is 21.0. The number of nitrogens with zero attached hydrogens (tertiary/aromatic N) is 1. The zero-order valence-corrected chi connectivity index (χ0v) is 17.4.